The van der Waals surface area contributed by atoms with Crippen molar-refractivity contribution < 1.29 is 19.4 Å². The Morgan fingerprint density at radius 1 is 1.43 bits per heavy atom. The van der Waals surface area contributed by atoms with Crippen LogP contribution in [0.15, 0.2) is 17.5 Å². The number of hydrogen-bond donors (Lipinski definition) is 3. The van der Waals surface area contributed by atoms with E-state index in [9.17, 15) is 9.59 Å². The predicted molar refractivity (Wildman–Crippen MR) is 81.5 cm³/mol. The number of carboxylic acid groups (broad SMARTS) is 1. The molecule has 0 saturated carbocycles. The van der Waals surface area contributed by atoms with Gasteiger partial charge in [-0.1, -0.05) is 19.9 Å². The number of carbonyl (C=O) groups excluding carboxylic acids is 1. The molecule has 0 aliphatic heterocycles. The van der Waals surface area contributed by atoms with Crippen molar-refractivity contribution in [1.29, 1.82) is 0 Å². The number of urea groups is 1. The Hall–Kier alpha value is -1.60. The van der Waals surface area contributed by atoms with Gasteiger partial charge in [0.1, 0.15) is 0 Å². The Morgan fingerprint density at radius 3 is 2.76 bits per heavy atom. The number of rotatable bonds is 9. The lowest BCUT2D eigenvalue weighted by Gasteiger charge is -2.14. The predicted octanol–water partition coefficient (Wildman–Crippen LogP) is 2.24. The average Bonchev–Trinajstić information content (AvgIpc) is 2.93. The molecule has 0 aliphatic carbocycles. The smallest absolute Gasteiger partial charge is 0.331 e. The van der Waals surface area contributed by atoms with Crippen molar-refractivity contribution in [2.45, 2.75) is 26.3 Å². The van der Waals surface area contributed by atoms with Gasteiger partial charge < -0.3 is 20.5 Å². The normalized spacial score (nSPS) is 12.1. The van der Waals surface area contributed by atoms with Crippen molar-refractivity contribution in [3.05, 3.63) is 22.4 Å². The highest BCUT2D eigenvalue weighted by atomic mass is 32.1. The number of hydrogen-bond acceptors (Lipinski definition) is 4. The summed E-state index contributed by atoms with van der Waals surface area (Å²) >= 11 is 1.30. The molecule has 0 radical (unpaired) electrons. The molecule has 1 aromatic heterocycles. The van der Waals surface area contributed by atoms with E-state index in [2.05, 4.69) is 24.5 Å². The third kappa shape index (κ3) is 7.10. The standard InChI is InChI=1S/C14H22N2O4S/c1-10(2)9-20-7-4-6-15-14(19)16-12(13(17)18)11-5-3-8-21-11/h3,5,8,10,12H,4,6-7,9H2,1-2H3,(H,17,18)(H2,15,16,19). The van der Waals surface area contributed by atoms with E-state index in [1.54, 1.807) is 17.5 Å². The minimum atomic E-state index is -1.08. The molecular weight excluding hydrogens is 292 g/mol. The van der Waals surface area contributed by atoms with Crippen LogP contribution >= 0.6 is 11.3 Å². The summed E-state index contributed by atoms with van der Waals surface area (Å²) in [6, 6.07) is 1.94. The summed E-state index contributed by atoms with van der Waals surface area (Å²) in [5.41, 5.74) is 0. The fourth-order valence-corrected chi connectivity index (χ4v) is 2.35. The minimum absolute atomic E-state index is 0.445. The summed E-state index contributed by atoms with van der Waals surface area (Å²) in [7, 11) is 0. The number of thiophene rings is 1. The van der Waals surface area contributed by atoms with Gasteiger partial charge >= 0.3 is 12.0 Å². The van der Waals surface area contributed by atoms with Crippen molar-refractivity contribution in [3.8, 4) is 0 Å². The molecular formula is C14H22N2O4S. The molecule has 1 unspecified atom stereocenters. The quantitative estimate of drug-likeness (QED) is 0.610. The Bertz CT molecular complexity index is 434. The van der Waals surface area contributed by atoms with E-state index in [-0.39, 0.29) is 0 Å². The van der Waals surface area contributed by atoms with Crippen molar-refractivity contribution >= 4 is 23.3 Å². The lowest BCUT2D eigenvalue weighted by Crippen LogP contribution is -2.41. The number of amides is 2. The summed E-state index contributed by atoms with van der Waals surface area (Å²) in [6.07, 6.45) is 0.691. The van der Waals surface area contributed by atoms with E-state index in [4.69, 9.17) is 9.84 Å². The van der Waals surface area contributed by atoms with Gasteiger partial charge in [-0.15, -0.1) is 11.3 Å². The van der Waals surface area contributed by atoms with Crippen LogP contribution in [-0.2, 0) is 9.53 Å². The highest BCUT2D eigenvalue weighted by Crippen LogP contribution is 2.18. The zero-order valence-corrected chi connectivity index (χ0v) is 13.1. The second-order valence-corrected chi connectivity index (χ2v) is 5.99. The molecule has 0 aliphatic rings. The molecule has 1 aromatic rings. The molecule has 0 spiro atoms. The van der Waals surface area contributed by atoms with Gasteiger partial charge in [0.25, 0.3) is 0 Å². The van der Waals surface area contributed by atoms with Gasteiger partial charge in [0.2, 0.25) is 0 Å². The topological polar surface area (TPSA) is 87.7 Å². The number of carboxylic acids is 1. The molecule has 6 nitrogen and oxygen atoms in total. The summed E-state index contributed by atoms with van der Waals surface area (Å²) in [5.74, 6) is -0.587. The van der Waals surface area contributed by atoms with Crippen molar-refractivity contribution in [1.82, 2.24) is 10.6 Å². The van der Waals surface area contributed by atoms with Gasteiger partial charge in [-0.3, -0.25) is 0 Å². The van der Waals surface area contributed by atoms with Crippen molar-refractivity contribution in [2.75, 3.05) is 19.8 Å². The van der Waals surface area contributed by atoms with Crippen LogP contribution in [0.2, 0.25) is 0 Å². The van der Waals surface area contributed by atoms with Crippen LogP contribution in [0, 0.1) is 5.92 Å². The lowest BCUT2D eigenvalue weighted by atomic mass is 10.2. The second kappa shape index (κ2) is 9.36. The highest BCUT2D eigenvalue weighted by molar-refractivity contribution is 7.10. The van der Waals surface area contributed by atoms with Gasteiger partial charge in [0.15, 0.2) is 6.04 Å². The monoisotopic (exact) mass is 314 g/mol. The lowest BCUT2D eigenvalue weighted by molar-refractivity contribution is -0.139. The van der Waals surface area contributed by atoms with E-state index in [1.165, 1.54) is 11.3 Å². The van der Waals surface area contributed by atoms with Gasteiger partial charge in [0.05, 0.1) is 0 Å². The maximum absolute atomic E-state index is 11.7. The third-order valence-electron chi connectivity index (χ3n) is 2.55. The first-order chi connectivity index (χ1) is 10.0. The Kier molecular flexibility index (Phi) is 7.78. The number of carbonyl (C=O) groups is 2. The first-order valence-electron chi connectivity index (χ1n) is 6.89. The third-order valence-corrected chi connectivity index (χ3v) is 3.49. The molecule has 3 N–H and O–H groups in total. The van der Waals surface area contributed by atoms with E-state index in [0.717, 1.165) is 0 Å². The fraction of sp³-hybridized carbons (Fsp3) is 0.571. The molecule has 21 heavy (non-hydrogen) atoms. The van der Waals surface area contributed by atoms with E-state index < -0.39 is 18.0 Å². The molecule has 1 rings (SSSR count). The fourth-order valence-electron chi connectivity index (χ4n) is 1.59. The van der Waals surface area contributed by atoms with Gasteiger partial charge in [0, 0.05) is 24.6 Å². The van der Waals surface area contributed by atoms with Crippen LogP contribution in [0.5, 0.6) is 0 Å². The summed E-state index contributed by atoms with van der Waals surface area (Å²) in [5, 5.41) is 16.0. The zero-order valence-electron chi connectivity index (χ0n) is 12.3. The Balaban J connectivity index is 2.24. The zero-order chi connectivity index (χ0) is 15.7. The summed E-state index contributed by atoms with van der Waals surface area (Å²) in [4.78, 5) is 23.4. The maximum atomic E-state index is 11.7. The summed E-state index contributed by atoms with van der Waals surface area (Å²) < 4.78 is 5.39. The first-order valence-corrected chi connectivity index (χ1v) is 7.77. The largest absolute Gasteiger partial charge is 0.479 e. The van der Waals surface area contributed by atoms with Gasteiger partial charge in [-0.25, -0.2) is 9.59 Å². The molecule has 1 heterocycles. The van der Waals surface area contributed by atoms with E-state index >= 15 is 0 Å². The van der Waals surface area contributed by atoms with Crippen molar-refractivity contribution in [3.63, 3.8) is 0 Å². The van der Waals surface area contributed by atoms with Gasteiger partial charge in [-0.05, 0) is 23.8 Å². The molecule has 0 bridgehead atoms. The van der Waals surface area contributed by atoms with Crippen LogP contribution in [-0.4, -0.2) is 36.9 Å². The van der Waals surface area contributed by atoms with E-state index in [1.807, 2.05) is 0 Å². The first kappa shape index (κ1) is 17.5. The molecule has 0 fully saturated rings. The van der Waals surface area contributed by atoms with Crippen LogP contribution in [0.3, 0.4) is 0 Å². The van der Waals surface area contributed by atoms with Gasteiger partial charge in [-0.2, -0.15) is 0 Å². The number of ether oxygens (including phenoxy) is 1. The second-order valence-electron chi connectivity index (χ2n) is 5.01. The van der Waals surface area contributed by atoms with E-state index in [0.29, 0.717) is 37.0 Å². The molecule has 2 amide bonds. The van der Waals surface area contributed by atoms with Crippen LogP contribution in [0.25, 0.3) is 0 Å². The highest BCUT2D eigenvalue weighted by Gasteiger charge is 2.22. The van der Waals surface area contributed by atoms with Crippen LogP contribution in [0.4, 0.5) is 4.79 Å². The molecule has 118 valence electrons. The SMILES string of the molecule is CC(C)COCCCNC(=O)NC(C(=O)O)c1cccs1. The Labute approximate surface area is 128 Å². The van der Waals surface area contributed by atoms with Crippen LogP contribution in [0.1, 0.15) is 31.2 Å². The average molecular weight is 314 g/mol. The molecule has 0 saturated heterocycles. The molecule has 0 aromatic carbocycles. The van der Waals surface area contributed by atoms with Crippen molar-refractivity contribution in [2.24, 2.45) is 5.92 Å². The molecule has 1 atom stereocenters. The Morgan fingerprint density at radius 2 is 2.19 bits per heavy atom. The number of aliphatic carboxylic acids is 1. The minimum Gasteiger partial charge on any atom is -0.479 e. The van der Waals surface area contributed by atoms with Crippen LogP contribution < -0.4 is 10.6 Å². The molecule has 7 heteroatoms. The number of nitrogens with one attached hydrogen (secondary N) is 2. The summed E-state index contributed by atoms with van der Waals surface area (Å²) in [6.45, 7) is 5.86. The maximum Gasteiger partial charge on any atom is 0.331 e.